The highest BCUT2D eigenvalue weighted by molar-refractivity contribution is 5.85. The molecule has 2 fully saturated rings. The minimum Gasteiger partial charge on any atom is -0.507 e. The van der Waals surface area contributed by atoms with Gasteiger partial charge in [0, 0.05) is 30.8 Å². The molecule has 4 atom stereocenters. The Morgan fingerprint density at radius 3 is 2.83 bits per heavy atom. The van der Waals surface area contributed by atoms with Gasteiger partial charge >= 0.3 is 0 Å². The molecule has 0 aliphatic carbocycles. The van der Waals surface area contributed by atoms with E-state index in [0.717, 1.165) is 19.3 Å². The first-order valence-electron chi connectivity index (χ1n) is 10.2. The minimum absolute atomic E-state index is 0.0761. The van der Waals surface area contributed by atoms with Crippen molar-refractivity contribution in [2.45, 2.75) is 50.5 Å². The van der Waals surface area contributed by atoms with Gasteiger partial charge in [-0.2, -0.15) is 0 Å². The van der Waals surface area contributed by atoms with E-state index in [4.69, 9.17) is 4.42 Å². The number of hydrogen-bond acceptors (Lipinski definition) is 7. The lowest BCUT2D eigenvalue weighted by Gasteiger charge is -2.38. The van der Waals surface area contributed by atoms with Gasteiger partial charge in [-0.1, -0.05) is 0 Å². The summed E-state index contributed by atoms with van der Waals surface area (Å²) in [6.45, 7) is 1.70. The number of aromatic hydroxyl groups is 1. The molecule has 8 heteroatoms. The Hall–Kier alpha value is -3.00. The number of benzene rings is 1. The van der Waals surface area contributed by atoms with Crippen LogP contribution in [0.3, 0.4) is 0 Å². The van der Waals surface area contributed by atoms with E-state index in [2.05, 4.69) is 15.5 Å². The maximum Gasteiger partial charge on any atom is 0.193 e. The first-order chi connectivity index (χ1) is 14.4. The van der Waals surface area contributed by atoms with Gasteiger partial charge in [0.1, 0.15) is 23.3 Å². The van der Waals surface area contributed by atoms with Crippen molar-refractivity contribution in [1.29, 1.82) is 0 Å². The zero-order valence-electron chi connectivity index (χ0n) is 16.8. The van der Waals surface area contributed by atoms with Crippen LogP contribution in [-0.4, -0.2) is 46.6 Å². The summed E-state index contributed by atoms with van der Waals surface area (Å²) < 4.78 is 20.5. The Morgan fingerprint density at radius 1 is 1.23 bits per heavy atom. The molecule has 7 nitrogen and oxygen atoms in total. The second kappa shape index (κ2) is 7.05. The van der Waals surface area contributed by atoms with Gasteiger partial charge < -0.3 is 19.7 Å². The van der Waals surface area contributed by atoms with Crippen LogP contribution in [0.15, 0.2) is 39.5 Å². The summed E-state index contributed by atoms with van der Waals surface area (Å²) in [6.07, 6.45) is 1.67. The number of nitrogens with one attached hydrogen (secondary N) is 1. The maximum absolute atomic E-state index is 14.9. The number of phenolic OH excluding ortho intramolecular Hbond substituents is 1. The summed E-state index contributed by atoms with van der Waals surface area (Å²) in [7, 11) is 1.84. The molecule has 0 saturated carbocycles. The van der Waals surface area contributed by atoms with Gasteiger partial charge in [0.05, 0.1) is 17.1 Å². The SMILES string of the molecule is Cc1cc(=O)c2cc(O)c(-c3ccc(N(C)[C@H]4CC5CCC(N5)[C@H]4F)nn3)cc2o1. The highest BCUT2D eigenvalue weighted by Crippen LogP contribution is 2.34. The van der Waals surface area contributed by atoms with Crippen molar-refractivity contribution in [2.24, 2.45) is 0 Å². The number of phenols is 1. The molecule has 0 amide bonds. The number of aryl methyl sites for hydroxylation is 1. The molecule has 1 aromatic carbocycles. The summed E-state index contributed by atoms with van der Waals surface area (Å²) in [6, 6.07) is 7.90. The van der Waals surface area contributed by atoms with Crippen LogP contribution in [0.25, 0.3) is 22.2 Å². The average Bonchev–Trinajstić information content (AvgIpc) is 3.14. The zero-order valence-corrected chi connectivity index (χ0v) is 16.8. The van der Waals surface area contributed by atoms with Crippen LogP contribution in [0, 0.1) is 6.92 Å². The third-order valence-electron chi connectivity index (χ3n) is 6.31. The molecule has 2 aliphatic heterocycles. The molecule has 2 unspecified atom stereocenters. The number of hydrogen-bond donors (Lipinski definition) is 2. The van der Waals surface area contributed by atoms with E-state index in [1.54, 1.807) is 25.1 Å². The molecule has 2 bridgehead atoms. The van der Waals surface area contributed by atoms with Crippen molar-refractivity contribution in [1.82, 2.24) is 15.5 Å². The fourth-order valence-corrected chi connectivity index (χ4v) is 4.69. The smallest absolute Gasteiger partial charge is 0.193 e. The van der Waals surface area contributed by atoms with E-state index in [9.17, 15) is 14.3 Å². The zero-order chi connectivity index (χ0) is 21.0. The monoisotopic (exact) mass is 410 g/mol. The average molecular weight is 410 g/mol. The summed E-state index contributed by atoms with van der Waals surface area (Å²) in [5.74, 6) is 0.993. The molecule has 2 aromatic heterocycles. The molecule has 0 radical (unpaired) electrons. The van der Waals surface area contributed by atoms with Crippen molar-refractivity contribution in [3.63, 3.8) is 0 Å². The first-order valence-corrected chi connectivity index (χ1v) is 10.2. The molecule has 156 valence electrons. The summed E-state index contributed by atoms with van der Waals surface area (Å²) in [5.41, 5.74) is 1.02. The van der Waals surface area contributed by atoms with Crippen LogP contribution < -0.4 is 15.6 Å². The van der Waals surface area contributed by atoms with E-state index >= 15 is 0 Å². The van der Waals surface area contributed by atoms with Crippen LogP contribution in [0.1, 0.15) is 25.0 Å². The number of fused-ring (bicyclic) bond motifs is 3. The van der Waals surface area contributed by atoms with Gasteiger partial charge in [-0.15, -0.1) is 10.2 Å². The van der Waals surface area contributed by atoms with Gasteiger partial charge in [-0.3, -0.25) is 4.79 Å². The predicted molar refractivity (Wildman–Crippen MR) is 112 cm³/mol. The van der Waals surface area contributed by atoms with Crippen molar-refractivity contribution >= 4 is 16.8 Å². The molecule has 30 heavy (non-hydrogen) atoms. The lowest BCUT2D eigenvalue weighted by molar-refractivity contribution is 0.176. The molecule has 4 heterocycles. The van der Waals surface area contributed by atoms with Crippen molar-refractivity contribution in [3.05, 3.63) is 46.3 Å². The maximum atomic E-state index is 14.9. The van der Waals surface area contributed by atoms with Crippen LogP contribution in [0.4, 0.5) is 10.2 Å². The van der Waals surface area contributed by atoms with Crippen LogP contribution in [-0.2, 0) is 0 Å². The number of piperidine rings is 1. The summed E-state index contributed by atoms with van der Waals surface area (Å²) in [4.78, 5) is 14.0. The van der Waals surface area contributed by atoms with Gasteiger partial charge in [0.25, 0.3) is 0 Å². The molecule has 5 rings (SSSR count). The fourth-order valence-electron chi connectivity index (χ4n) is 4.69. The minimum atomic E-state index is -0.953. The standard InChI is InChI=1S/C22H23FN4O3/c1-11-7-18(28)14-9-19(29)13(10-20(14)30-11)15-5-6-21(26-25-15)27(2)17-8-12-3-4-16(24-12)22(17)23/h5-7,9-10,12,16-17,22,24,29H,3-4,8H2,1-2H3/t12?,16?,17-,22+/m0/s1. The van der Waals surface area contributed by atoms with Crippen molar-refractivity contribution in [2.75, 3.05) is 11.9 Å². The Balaban J connectivity index is 1.45. The predicted octanol–water partition coefficient (Wildman–Crippen LogP) is 2.93. The highest BCUT2D eigenvalue weighted by Gasteiger charge is 2.43. The lowest BCUT2D eigenvalue weighted by Crippen LogP contribution is -2.55. The largest absolute Gasteiger partial charge is 0.507 e. The molecular weight excluding hydrogens is 387 g/mol. The van der Waals surface area contributed by atoms with Gasteiger partial charge in [-0.25, -0.2) is 4.39 Å². The second-order valence-electron chi connectivity index (χ2n) is 8.27. The van der Waals surface area contributed by atoms with Crippen LogP contribution in [0.5, 0.6) is 5.75 Å². The third kappa shape index (κ3) is 3.11. The normalized spacial score (nSPS) is 25.6. The fraction of sp³-hybridized carbons (Fsp3) is 0.409. The highest BCUT2D eigenvalue weighted by atomic mass is 19.1. The number of rotatable bonds is 3. The summed E-state index contributed by atoms with van der Waals surface area (Å²) in [5, 5.41) is 22.6. The summed E-state index contributed by atoms with van der Waals surface area (Å²) >= 11 is 0. The lowest BCUT2D eigenvalue weighted by atomic mass is 9.96. The topological polar surface area (TPSA) is 91.5 Å². The molecule has 0 spiro atoms. The van der Waals surface area contributed by atoms with E-state index < -0.39 is 6.17 Å². The Bertz CT molecular complexity index is 1160. The molecule has 2 N–H and O–H groups in total. The molecule has 3 aromatic rings. The van der Waals surface area contributed by atoms with Crippen LogP contribution >= 0.6 is 0 Å². The van der Waals surface area contributed by atoms with Crippen molar-refractivity contribution in [3.8, 4) is 17.0 Å². The van der Waals surface area contributed by atoms with Crippen LogP contribution in [0.2, 0.25) is 0 Å². The van der Waals surface area contributed by atoms with E-state index in [1.165, 1.54) is 12.1 Å². The molecule has 2 saturated heterocycles. The van der Waals surface area contributed by atoms with E-state index in [-0.39, 0.29) is 23.3 Å². The second-order valence-corrected chi connectivity index (χ2v) is 8.27. The Labute approximate surface area is 172 Å². The number of alkyl halides is 1. The third-order valence-corrected chi connectivity index (χ3v) is 6.31. The molecular formula is C22H23FN4O3. The quantitative estimate of drug-likeness (QED) is 0.686. The Morgan fingerprint density at radius 2 is 2.07 bits per heavy atom. The first kappa shape index (κ1) is 19.0. The number of nitrogens with zero attached hydrogens (tertiary/aromatic N) is 3. The van der Waals surface area contributed by atoms with Gasteiger partial charge in [0.15, 0.2) is 11.2 Å². The number of halogens is 1. The van der Waals surface area contributed by atoms with E-state index in [1.807, 2.05) is 11.9 Å². The molecule has 2 aliphatic rings. The van der Waals surface area contributed by atoms with Gasteiger partial charge in [0.2, 0.25) is 0 Å². The Kier molecular flexibility index (Phi) is 4.47. The van der Waals surface area contributed by atoms with Crippen molar-refractivity contribution < 1.29 is 13.9 Å². The van der Waals surface area contributed by atoms with E-state index in [0.29, 0.717) is 39.8 Å². The number of aromatic nitrogens is 2. The number of anilines is 1. The van der Waals surface area contributed by atoms with Gasteiger partial charge in [-0.05, 0) is 50.5 Å².